The third kappa shape index (κ3) is 2.78. The number of nitrogens with one attached hydrogen (secondary N) is 2. The lowest BCUT2D eigenvalue weighted by molar-refractivity contribution is 0.111. The van der Waals surface area contributed by atoms with Crippen LogP contribution >= 0.6 is 0 Å². The van der Waals surface area contributed by atoms with Gasteiger partial charge >= 0.3 is 6.03 Å². The van der Waals surface area contributed by atoms with Crippen LogP contribution in [0, 0.1) is 0 Å². The fraction of sp³-hybridized carbons (Fsp3) is 0.263. The quantitative estimate of drug-likeness (QED) is 0.729. The predicted molar refractivity (Wildman–Crippen MR) is 93.0 cm³/mol. The maximum atomic E-state index is 12.0. The molecule has 1 aliphatic heterocycles. The van der Waals surface area contributed by atoms with Crippen LogP contribution in [0.1, 0.15) is 24.0 Å². The highest BCUT2D eigenvalue weighted by Crippen LogP contribution is 2.36. The monoisotopic (exact) mass is 321 g/mol. The van der Waals surface area contributed by atoms with Crippen molar-refractivity contribution in [2.75, 3.05) is 13.2 Å². The minimum Gasteiger partial charge on any atom is -0.376 e. The number of benzene rings is 2. The summed E-state index contributed by atoms with van der Waals surface area (Å²) in [4.78, 5) is 12.0. The first-order valence-electron chi connectivity index (χ1n) is 8.25. The first kappa shape index (κ1) is 14.9. The average Bonchev–Trinajstić information content (AvgIpc) is 3.25. The van der Waals surface area contributed by atoms with Gasteiger partial charge in [-0.2, -0.15) is 5.10 Å². The van der Waals surface area contributed by atoms with Crippen LogP contribution in [0.5, 0.6) is 0 Å². The second-order valence-electron chi connectivity index (χ2n) is 6.01. The lowest BCUT2D eigenvalue weighted by atomic mass is 10.1. The van der Waals surface area contributed by atoms with E-state index in [1.54, 1.807) is 0 Å². The van der Waals surface area contributed by atoms with E-state index < -0.39 is 0 Å². The highest BCUT2D eigenvalue weighted by Gasteiger charge is 2.24. The Morgan fingerprint density at radius 1 is 1.04 bits per heavy atom. The zero-order valence-electron chi connectivity index (χ0n) is 13.3. The SMILES string of the molecule is O=C(NC[C@@H]1CCCO1)NN=C1c2ccccc2-c2ccccc21. The molecule has 2 N–H and O–H groups in total. The largest absolute Gasteiger partial charge is 0.376 e. The lowest BCUT2D eigenvalue weighted by Gasteiger charge is -2.10. The number of hydrogen-bond donors (Lipinski definition) is 2. The molecule has 0 spiro atoms. The van der Waals surface area contributed by atoms with Crippen molar-refractivity contribution in [3.05, 3.63) is 59.7 Å². The standard InChI is InChI=1S/C19H19N3O2/c23-19(20-12-13-6-5-11-24-13)22-21-18-16-9-3-1-7-14(16)15-8-2-4-10-17(15)18/h1-4,7-10,13H,5-6,11-12H2,(H2,20,22,23)/t13-/m0/s1. The maximum absolute atomic E-state index is 12.0. The molecule has 4 rings (SSSR count). The molecule has 2 amide bonds. The summed E-state index contributed by atoms with van der Waals surface area (Å²) in [6.07, 6.45) is 2.18. The molecular formula is C19H19N3O2. The van der Waals surface area contributed by atoms with Gasteiger partial charge in [-0.3, -0.25) is 0 Å². The molecule has 1 atom stereocenters. The number of hydrogen-bond acceptors (Lipinski definition) is 3. The topological polar surface area (TPSA) is 62.7 Å². The third-order valence-corrected chi connectivity index (χ3v) is 4.44. The minimum atomic E-state index is -0.306. The molecule has 5 nitrogen and oxygen atoms in total. The number of rotatable bonds is 3. The summed E-state index contributed by atoms with van der Waals surface area (Å²) in [5.74, 6) is 0. The zero-order chi connectivity index (χ0) is 16.4. The van der Waals surface area contributed by atoms with Crippen LogP contribution in [0.15, 0.2) is 53.6 Å². The molecule has 122 valence electrons. The van der Waals surface area contributed by atoms with Gasteiger partial charge in [0.2, 0.25) is 0 Å². The van der Waals surface area contributed by atoms with E-state index >= 15 is 0 Å². The molecule has 0 unspecified atom stereocenters. The first-order valence-corrected chi connectivity index (χ1v) is 8.25. The van der Waals surface area contributed by atoms with E-state index in [1.165, 1.54) is 0 Å². The van der Waals surface area contributed by atoms with Crippen LogP contribution in [-0.4, -0.2) is 31.0 Å². The molecular weight excluding hydrogens is 302 g/mol. The summed E-state index contributed by atoms with van der Waals surface area (Å²) in [6.45, 7) is 1.30. The fourth-order valence-electron chi connectivity index (χ4n) is 3.27. The van der Waals surface area contributed by atoms with E-state index in [4.69, 9.17) is 4.74 Å². The molecule has 1 heterocycles. The Hall–Kier alpha value is -2.66. The zero-order valence-corrected chi connectivity index (χ0v) is 13.3. The van der Waals surface area contributed by atoms with Gasteiger partial charge < -0.3 is 10.1 Å². The van der Waals surface area contributed by atoms with E-state index in [0.29, 0.717) is 6.54 Å². The summed E-state index contributed by atoms with van der Waals surface area (Å²) in [7, 11) is 0. The van der Waals surface area contributed by atoms with E-state index in [1.807, 2.05) is 36.4 Å². The van der Waals surface area contributed by atoms with Crippen molar-refractivity contribution in [1.82, 2.24) is 10.7 Å². The van der Waals surface area contributed by atoms with E-state index in [-0.39, 0.29) is 12.1 Å². The Kier molecular flexibility index (Phi) is 4.01. The summed E-state index contributed by atoms with van der Waals surface area (Å²) in [6, 6.07) is 15.9. The van der Waals surface area contributed by atoms with Crippen LogP contribution in [0.25, 0.3) is 11.1 Å². The Balaban J connectivity index is 1.50. The Morgan fingerprint density at radius 2 is 1.67 bits per heavy atom. The number of amides is 2. The molecule has 0 saturated carbocycles. The second-order valence-corrected chi connectivity index (χ2v) is 6.01. The second kappa shape index (κ2) is 6.45. The number of hydrazone groups is 1. The molecule has 0 bridgehead atoms. The fourth-order valence-corrected chi connectivity index (χ4v) is 3.27. The average molecular weight is 321 g/mol. The van der Waals surface area contributed by atoms with Gasteiger partial charge in [-0.25, -0.2) is 10.2 Å². The van der Waals surface area contributed by atoms with Gasteiger partial charge in [0.15, 0.2) is 0 Å². The molecule has 2 aromatic carbocycles. The number of carbonyl (C=O) groups excluding carboxylic acids is 1. The van der Waals surface area contributed by atoms with Crippen molar-refractivity contribution in [3.63, 3.8) is 0 Å². The number of urea groups is 1. The van der Waals surface area contributed by atoms with Gasteiger partial charge in [0, 0.05) is 24.3 Å². The van der Waals surface area contributed by atoms with Gasteiger partial charge in [0.1, 0.15) is 0 Å². The molecule has 2 aliphatic rings. The molecule has 5 heteroatoms. The predicted octanol–water partition coefficient (Wildman–Crippen LogP) is 2.90. The lowest BCUT2D eigenvalue weighted by Crippen LogP contribution is -2.37. The smallest absolute Gasteiger partial charge is 0.335 e. The van der Waals surface area contributed by atoms with Gasteiger partial charge in [-0.15, -0.1) is 0 Å². The van der Waals surface area contributed by atoms with Crippen LogP contribution in [0.3, 0.4) is 0 Å². The summed E-state index contributed by atoms with van der Waals surface area (Å²) in [5, 5.41) is 7.18. The normalized spacial score (nSPS) is 18.0. The molecule has 2 aromatic rings. The van der Waals surface area contributed by atoms with Crippen LogP contribution in [0.4, 0.5) is 4.79 Å². The Morgan fingerprint density at radius 3 is 2.25 bits per heavy atom. The number of fused-ring (bicyclic) bond motifs is 3. The van der Waals surface area contributed by atoms with Crippen molar-refractivity contribution in [1.29, 1.82) is 0 Å². The van der Waals surface area contributed by atoms with Crippen molar-refractivity contribution in [3.8, 4) is 11.1 Å². The van der Waals surface area contributed by atoms with Crippen molar-refractivity contribution in [2.24, 2.45) is 5.10 Å². The number of ether oxygens (including phenoxy) is 1. The molecule has 0 radical (unpaired) electrons. The van der Waals surface area contributed by atoms with Gasteiger partial charge in [0.25, 0.3) is 0 Å². The van der Waals surface area contributed by atoms with Crippen molar-refractivity contribution >= 4 is 11.7 Å². The summed E-state index contributed by atoms with van der Waals surface area (Å²) in [5.41, 5.74) is 7.79. The van der Waals surface area contributed by atoms with Crippen molar-refractivity contribution in [2.45, 2.75) is 18.9 Å². The molecule has 0 aromatic heterocycles. The number of carbonyl (C=O) groups is 1. The maximum Gasteiger partial charge on any atom is 0.335 e. The van der Waals surface area contributed by atoms with E-state index in [9.17, 15) is 4.79 Å². The van der Waals surface area contributed by atoms with E-state index in [0.717, 1.165) is 47.4 Å². The summed E-state index contributed by atoms with van der Waals surface area (Å²) >= 11 is 0. The molecule has 1 aliphatic carbocycles. The van der Waals surface area contributed by atoms with Gasteiger partial charge in [-0.05, 0) is 24.0 Å². The van der Waals surface area contributed by atoms with Crippen molar-refractivity contribution < 1.29 is 9.53 Å². The van der Waals surface area contributed by atoms with Gasteiger partial charge in [-0.1, -0.05) is 48.5 Å². The highest BCUT2D eigenvalue weighted by molar-refractivity contribution is 6.24. The minimum absolute atomic E-state index is 0.122. The van der Waals surface area contributed by atoms with Crippen LogP contribution in [-0.2, 0) is 4.74 Å². The molecule has 1 fully saturated rings. The van der Waals surface area contributed by atoms with Gasteiger partial charge in [0.05, 0.1) is 11.8 Å². The van der Waals surface area contributed by atoms with Crippen LogP contribution in [0.2, 0.25) is 0 Å². The Bertz CT molecular complexity index is 747. The molecule has 24 heavy (non-hydrogen) atoms. The summed E-state index contributed by atoms with van der Waals surface area (Å²) < 4.78 is 5.50. The Labute approximate surface area is 140 Å². The first-order chi connectivity index (χ1) is 11.8. The van der Waals surface area contributed by atoms with Crippen LogP contribution < -0.4 is 10.7 Å². The molecule has 1 saturated heterocycles. The highest BCUT2D eigenvalue weighted by atomic mass is 16.5. The third-order valence-electron chi connectivity index (χ3n) is 4.44. The van der Waals surface area contributed by atoms with E-state index in [2.05, 4.69) is 28.0 Å². The number of nitrogens with zero attached hydrogens (tertiary/aromatic N) is 1.